The minimum Gasteiger partial charge on any atom is -0.428 e. The van der Waals surface area contributed by atoms with Crippen LogP contribution < -0.4 is 51.3 Å². The normalized spacial score (nSPS) is 17.6. The van der Waals surface area contributed by atoms with Gasteiger partial charge in [0, 0.05) is 0 Å². The summed E-state index contributed by atoms with van der Waals surface area (Å²) in [4.78, 5) is 0. The number of hydrogen-bond donors (Lipinski definition) is 5. The predicted molar refractivity (Wildman–Crippen MR) is 191 cm³/mol. The Labute approximate surface area is 276 Å². The molecule has 0 fully saturated rings. The van der Waals surface area contributed by atoms with Crippen LogP contribution >= 0.6 is 33.3 Å². The zero-order valence-corrected chi connectivity index (χ0v) is 28.0. The number of nitrogen functional groups attached to an aromatic ring is 5. The van der Waals surface area contributed by atoms with Crippen LogP contribution in [0.2, 0.25) is 0 Å². The van der Waals surface area contributed by atoms with Gasteiger partial charge in [0.2, 0.25) is 0 Å². The van der Waals surface area contributed by atoms with Crippen LogP contribution in [0.4, 0.5) is 28.4 Å². The van der Waals surface area contributed by atoms with E-state index < -0.39 is 22.1 Å². The number of nitrogens with zero attached hydrogens (tertiary/aromatic N) is 3. The summed E-state index contributed by atoms with van der Waals surface area (Å²) in [7, 11) is -8.24. The van der Waals surface area contributed by atoms with Gasteiger partial charge in [0.05, 0.1) is 28.4 Å². The summed E-state index contributed by atoms with van der Waals surface area (Å²) in [5, 5.41) is 0. The lowest BCUT2D eigenvalue weighted by molar-refractivity contribution is 0.460. The van der Waals surface area contributed by atoms with E-state index >= 15 is 0 Å². The molecule has 0 aliphatic carbocycles. The third-order valence-corrected chi connectivity index (χ3v) is 15.3. The summed E-state index contributed by atoms with van der Waals surface area (Å²) >= 11 is 7.32. The first-order chi connectivity index (χ1) is 22.6. The molecule has 0 aromatic heterocycles. The molecule has 0 spiro atoms. The Morgan fingerprint density at radius 3 is 0.915 bits per heavy atom. The standard InChI is InChI=1S/C30H30ClN8O5P3/c31-45(40-26-16-6-1-11-21(26)32)37-46(41-27-17-7-2-12-22(27)33,42-28-18-8-3-13-23(28)34)39-47(38-45,43-29-19-9-4-14-24(29)35)44-30-20-10-5-15-25(30)36/h1-20H,32-36H2. The number of anilines is 5. The first-order valence-corrected chi connectivity index (χ1v) is 19.5. The fourth-order valence-corrected chi connectivity index (χ4v) is 14.3. The van der Waals surface area contributed by atoms with Crippen LogP contribution in [0.25, 0.3) is 0 Å². The molecular weight excluding hydrogens is 681 g/mol. The minimum atomic E-state index is -4.12. The molecule has 1 heterocycles. The van der Waals surface area contributed by atoms with E-state index in [1.165, 1.54) is 0 Å². The van der Waals surface area contributed by atoms with Crippen molar-refractivity contribution in [3.05, 3.63) is 121 Å². The summed E-state index contributed by atoms with van der Waals surface area (Å²) in [6.45, 7) is -3.98. The first-order valence-electron chi connectivity index (χ1n) is 13.9. The van der Waals surface area contributed by atoms with Crippen LogP contribution in [0.1, 0.15) is 0 Å². The van der Waals surface area contributed by atoms with E-state index in [1.807, 2.05) is 0 Å². The molecule has 1 atom stereocenters. The van der Waals surface area contributed by atoms with Gasteiger partial charge in [0.1, 0.15) is 0 Å². The predicted octanol–water partition coefficient (Wildman–Crippen LogP) is 9.38. The summed E-state index contributed by atoms with van der Waals surface area (Å²) < 4.78 is 47.1. The highest BCUT2D eigenvalue weighted by Crippen LogP contribution is 2.80. The second-order valence-corrected chi connectivity index (χ2v) is 17.2. The topological polar surface area (TPSA) is 213 Å². The smallest absolute Gasteiger partial charge is 0.428 e. The molecular formula is C30H30ClN8O5P3. The molecule has 242 valence electrons. The van der Waals surface area contributed by atoms with Crippen LogP contribution in [0.5, 0.6) is 28.7 Å². The van der Waals surface area contributed by atoms with E-state index in [0.717, 1.165) is 0 Å². The SMILES string of the molecule is Nc1ccccc1OP1(Cl)=NP(Oc2ccccc2N)(Oc2ccccc2N)=NP(Oc2ccccc2N)(Oc2ccccc2N)=N1. The zero-order valence-electron chi connectivity index (χ0n) is 24.5. The van der Waals surface area contributed by atoms with Crippen molar-refractivity contribution >= 4 is 61.8 Å². The summed E-state index contributed by atoms with van der Waals surface area (Å²) in [6.07, 6.45) is 0. The van der Waals surface area contributed by atoms with E-state index in [1.54, 1.807) is 121 Å². The highest BCUT2D eigenvalue weighted by atomic mass is 35.7. The van der Waals surface area contributed by atoms with Gasteiger partial charge in [0.15, 0.2) is 28.7 Å². The van der Waals surface area contributed by atoms with Crippen molar-refractivity contribution in [3.8, 4) is 28.7 Å². The van der Waals surface area contributed by atoms with Gasteiger partial charge in [-0.25, -0.2) is 0 Å². The van der Waals surface area contributed by atoms with Crippen molar-refractivity contribution < 1.29 is 22.6 Å². The van der Waals surface area contributed by atoms with Gasteiger partial charge in [-0.3, -0.25) is 0 Å². The molecule has 13 nitrogen and oxygen atoms in total. The summed E-state index contributed by atoms with van der Waals surface area (Å²) in [6, 6.07) is 33.7. The lowest BCUT2D eigenvalue weighted by Gasteiger charge is -2.32. The maximum atomic E-state index is 7.32. The van der Waals surface area contributed by atoms with E-state index in [2.05, 4.69) is 0 Å². The van der Waals surface area contributed by atoms with E-state index in [4.69, 9.17) is 76.1 Å². The Bertz CT molecular complexity index is 1930. The molecule has 0 saturated carbocycles. The number of halogens is 1. The lowest BCUT2D eigenvalue weighted by Crippen LogP contribution is -2.10. The Hall–Kier alpha value is -4.92. The van der Waals surface area contributed by atoms with Gasteiger partial charge in [-0.1, -0.05) is 65.2 Å². The molecule has 5 aromatic carbocycles. The second kappa shape index (κ2) is 13.1. The van der Waals surface area contributed by atoms with Crippen LogP contribution in [-0.2, 0) is 0 Å². The molecule has 0 amide bonds. The fourth-order valence-electron chi connectivity index (χ4n) is 4.15. The highest BCUT2D eigenvalue weighted by Gasteiger charge is 2.47. The second-order valence-electron chi connectivity index (χ2n) is 9.87. The molecule has 1 unspecified atom stereocenters. The number of rotatable bonds is 10. The van der Waals surface area contributed by atoms with Gasteiger partial charge in [-0.05, 0) is 71.9 Å². The van der Waals surface area contributed by atoms with Gasteiger partial charge in [0.25, 0.3) is 0 Å². The number of hydrogen-bond acceptors (Lipinski definition) is 13. The summed E-state index contributed by atoms with van der Waals surface area (Å²) in [5.74, 6) is 0.929. The Morgan fingerprint density at radius 2 is 0.617 bits per heavy atom. The third-order valence-electron chi connectivity index (χ3n) is 6.35. The quantitative estimate of drug-likeness (QED) is 0.0683. The third kappa shape index (κ3) is 7.24. The van der Waals surface area contributed by atoms with Gasteiger partial charge >= 0.3 is 22.1 Å². The van der Waals surface area contributed by atoms with Gasteiger partial charge < -0.3 is 51.3 Å². The van der Waals surface area contributed by atoms with Crippen LogP contribution in [0, 0.1) is 0 Å². The fraction of sp³-hybridized carbons (Fsp3) is 0. The van der Waals surface area contributed by atoms with Crippen LogP contribution in [-0.4, -0.2) is 0 Å². The van der Waals surface area contributed by atoms with E-state index in [0.29, 0.717) is 0 Å². The molecule has 0 saturated heterocycles. The molecule has 0 bridgehead atoms. The Kier molecular flexibility index (Phi) is 8.90. The molecule has 47 heavy (non-hydrogen) atoms. The van der Waals surface area contributed by atoms with Crippen LogP contribution in [0.3, 0.4) is 0 Å². The number of nitrogens with two attached hydrogens (primary N) is 5. The maximum Gasteiger partial charge on any atom is 0.459 e. The molecule has 1 aliphatic heterocycles. The Balaban J connectivity index is 1.69. The van der Waals surface area contributed by atoms with E-state index in [-0.39, 0.29) is 57.2 Å². The van der Waals surface area contributed by atoms with Crippen molar-refractivity contribution in [2.75, 3.05) is 28.7 Å². The number of benzene rings is 5. The number of para-hydroxylation sites is 10. The summed E-state index contributed by atoms with van der Waals surface area (Å²) in [5.41, 5.74) is 32.9. The lowest BCUT2D eigenvalue weighted by atomic mass is 10.3. The van der Waals surface area contributed by atoms with E-state index in [9.17, 15) is 0 Å². The molecule has 6 rings (SSSR count). The Morgan fingerprint density at radius 1 is 0.362 bits per heavy atom. The highest BCUT2D eigenvalue weighted by molar-refractivity contribution is 7.94. The first kappa shape index (κ1) is 32.0. The minimum absolute atomic E-state index is 0.184. The molecule has 10 N–H and O–H groups in total. The van der Waals surface area contributed by atoms with Gasteiger partial charge in [-0.15, -0.1) is 9.03 Å². The van der Waals surface area contributed by atoms with Crippen molar-refractivity contribution in [1.29, 1.82) is 0 Å². The molecule has 17 heteroatoms. The largest absolute Gasteiger partial charge is 0.459 e. The molecule has 1 aliphatic rings. The maximum absolute atomic E-state index is 7.32. The zero-order chi connectivity index (χ0) is 33.1. The average molecular weight is 711 g/mol. The molecule has 5 aromatic rings. The molecule has 0 radical (unpaired) electrons. The van der Waals surface area contributed by atoms with Gasteiger partial charge in [-0.2, -0.15) is 0 Å². The van der Waals surface area contributed by atoms with Crippen molar-refractivity contribution in [2.45, 2.75) is 0 Å². The van der Waals surface area contributed by atoms with Crippen molar-refractivity contribution in [1.82, 2.24) is 0 Å². The average Bonchev–Trinajstić information content (AvgIpc) is 3.03. The van der Waals surface area contributed by atoms with Crippen molar-refractivity contribution in [3.63, 3.8) is 0 Å². The van der Waals surface area contributed by atoms with Crippen molar-refractivity contribution in [2.24, 2.45) is 13.5 Å². The van der Waals surface area contributed by atoms with Crippen LogP contribution in [0.15, 0.2) is 135 Å². The monoisotopic (exact) mass is 710 g/mol.